The summed E-state index contributed by atoms with van der Waals surface area (Å²) in [4.78, 5) is 20.7. The topological polar surface area (TPSA) is 80.5 Å². The zero-order chi connectivity index (χ0) is 20.1. The van der Waals surface area contributed by atoms with Crippen molar-refractivity contribution in [2.75, 3.05) is 26.2 Å². The molecule has 28 heavy (non-hydrogen) atoms. The fourth-order valence-electron chi connectivity index (χ4n) is 3.56. The molecular formula is C22H26N4O2. The highest BCUT2D eigenvalue weighted by Crippen LogP contribution is 2.27. The van der Waals surface area contributed by atoms with Crippen molar-refractivity contribution in [3.63, 3.8) is 0 Å². The van der Waals surface area contributed by atoms with Crippen molar-refractivity contribution in [2.24, 2.45) is 0 Å². The molecule has 2 heterocycles. The lowest BCUT2D eigenvalue weighted by Crippen LogP contribution is -2.48. The van der Waals surface area contributed by atoms with Gasteiger partial charge in [0.1, 0.15) is 6.04 Å². The van der Waals surface area contributed by atoms with Crippen molar-refractivity contribution in [3.8, 4) is 6.07 Å². The van der Waals surface area contributed by atoms with Crippen LogP contribution in [0, 0.1) is 11.3 Å². The minimum Gasteiger partial charge on any atom is -0.480 e. The number of carboxylic acids is 1. The van der Waals surface area contributed by atoms with Crippen LogP contribution in [0.2, 0.25) is 0 Å². The van der Waals surface area contributed by atoms with E-state index in [1.54, 1.807) is 6.20 Å². The molecule has 1 saturated heterocycles. The van der Waals surface area contributed by atoms with Crippen LogP contribution in [0.1, 0.15) is 36.7 Å². The number of carboxylic acid groups (broad SMARTS) is 1. The van der Waals surface area contributed by atoms with Crippen LogP contribution in [0.4, 0.5) is 0 Å². The highest BCUT2D eigenvalue weighted by molar-refractivity contribution is 5.75. The van der Waals surface area contributed by atoms with Crippen LogP contribution in [0.25, 0.3) is 0 Å². The number of hydrogen-bond acceptors (Lipinski definition) is 5. The molecule has 1 fully saturated rings. The molecule has 6 heteroatoms. The summed E-state index contributed by atoms with van der Waals surface area (Å²) in [5.74, 6) is -0.842. The molecule has 146 valence electrons. The third kappa shape index (κ3) is 4.56. The summed E-state index contributed by atoms with van der Waals surface area (Å²) in [5.41, 5.74) is 2.08. The van der Waals surface area contributed by atoms with Gasteiger partial charge in [-0.05, 0) is 37.1 Å². The van der Waals surface area contributed by atoms with Crippen molar-refractivity contribution in [2.45, 2.75) is 31.8 Å². The average molecular weight is 378 g/mol. The standard InChI is InChI=1S/C22H26N4O2/c1-22(2,16-23)18-8-6-17(7-9-18)20(21(27)28)26-13-11-25(12-14-26)15-19-5-3-4-10-24-19/h3-10,20H,11-15H2,1-2H3,(H,27,28)/t20-/m1/s1. The molecule has 0 spiro atoms. The Morgan fingerprint density at radius 1 is 1.18 bits per heavy atom. The van der Waals surface area contributed by atoms with Gasteiger partial charge in [-0.3, -0.25) is 19.6 Å². The van der Waals surface area contributed by atoms with E-state index in [9.17, 15) is 15.2 Å². The van der Waals surface area contributed by atoms with Gasteiger partial charge in [0.15, 0.2) is 0 Å². The Kier molecular flexibility index (Phi) is 6.08. The lowest BCUT2D eigenvalue weighted by atomic mass is 9.85. The minimum absolute atomic E-state index is 0.589. The molecule has 1 aliphatic heterocycles. The molecule has 1 aliphatic rings. The zero-order valence-electron chi connectivity index (χ0n) is 16.4. The third-order valence-corrected chi connectivity index (χ3v) is 5.35. The largest absolute Gasteiger partial charge is 0.480 e. The number of benzene rings is 1. The molecule has 1 N–H and O–H groups in total. The lowest BCUT2D eigenvalue weighted by molar-refractivity contribution is -0.144. The summed E-state index contributed by atoms with van der Waals surface area (Å²) in [6.07, 6.45) is 1.79. The highest BCUT2D eigenvalue weighted by atomic mass is 16.4. The van der Waals surface area contributed by atoms with Gasteiger partial charge < -0.3 is 5.11 Å². The maximum Gasteiger partial charge on any atom is 0.325 e. The second-order valence-corrected chi connectivity index (χ2v) is 7.73. The van der Waals surface area contributed by atoms with E-state index in [0.717, 1.165) is 36.5 Å². The van der Waals surface area contributed by atoms with Gasteiger partial charge in [0.05, 0.1) is 17.2 Å². The number of aromatic nitrogens is 1. The predicted molar refractivity (Wildman–Crippen MR) is 107 cm³/mol. The van der Waals surface area contributed by atoms with Gasteiger partial charge >= 0.3 is 5.97 Å². The first kappa shape index (κ1) is 20.0. The smallest absolute Gasteiger partial charge is 0.325 e. The van der Waals surface area contributed by atoms with Crippen molar-refractivity contribution in [1.29, 1.82) is 5.26 Å². The van der Waals surface area contributed by atoms with E-state index in [1.807, 2.05) is 61.2 Å². The van der Waals surface area contributed by atoms with Crippen molar-refractivity contribution < 1.29 is 9.90 Å². The molecular weight excluding hydrogens is 352 g/mol. The van der Waals surface area contributed by atoms with Crippen LogP contribution in [-0.2, 0) is 16.8 Å². The number of pyridine rings is 1. The average Bonchev–Trinajstić information content (AvgIpc) is 2.70. The molecule has 0 unspecified atom stereocenters. The second-order valence-electron chi connectivity index (χ2n) is 7.73. The summed E-state index contributed by atoms with van der Waals surface area (Å²) in [5, 5.41) is 19.1. The molecule has 0 saturated carbocycles. The van der Waals surface area contributed by atoms with Gasteiger partial charge in [-0.15, -0.1) is 0 Å². The van der Waals surface area contributed by atoms with E-state index in [0.29, 0.717) is 13.1 Å². The van der Waals surface area contributed by atoms with Crippen LogP contribution < -0.4 is 0 Å². The molecule has 0 amide bonds. The molecule has 2 aromatic rings. The number of nitrogens with zero attached hydrogens (tertiary/aromatic N) is 4. The molecule has 0 radical (unpaired) electrons. The minimum atomic E-state index is -0.842. The predicted octanol–water partition coefficient (Wildman–Crippen LogP) is 2.83. The summed E-state index contributed by atoms with van der Waals surface area (Å²) < 4.78 is 0. The Labute approximate surface area is 166 Å². The molecule has 6 nitrogen and oxygen atoms in total. The number of nitriles is 1. The van der Waals surface area contributed by atoms with Crippen LogP contribution in [-0.4, -0.2) is 52.0 Å². The number of carbonyl (C=O) groups is 1. The lowest BCUT2D eigenvalue weighted by Gasteiger charge is -2.37. The van der Waals surface area contributed by atoms with Crippen molar-refractivity contribution in [3.05, 3.63) is 65.5 Å². The SMILES string of the molecule is CC(C)(C#N)c1ccc([C@H](C(=O)O)N2CCN(Cc3ccccn3)CC2)cc1. The second kappa shape index (κ2) is 8.51. The van der Waals surface area contributed by atoms with Crippen LogP contribution >= 0.6 is 0 Å². The van der Waals surface area contributed by atoms with Gasteiger partial charge in [0.2, 0.25) is 0 Å². The van der Waals surface area contributed by atoms with E-state index >= 15 is 0 Å². The van der Waals surface area contributed by atoms with Gasteiger partial charge in [-0.2, -0.15) is 5.26 Å². The molecule has 0 bridgehead atoms. The summed E-state index contributed by atoms with van der Waals surface area (Å²) in [7, 11) is 0. The van der Waals surface area contributed by atoms with Gasteiger partial charge in [-0.25, -0.2) is 0 Å². The van der Waals surface area contributed by atoms with Crippen LogP contribution in [0.3, 0.4) is 0 Å². The van der Waals surface area contributed by atoms with Crippen LogP contribution in [0.15, 0.2) is 48.7 Å². The van der Waals surface area contributed by atoms with E-state index in [-0.39, 0.29) is 0 Å². The van der Waals surface area contributed by atoms with E-state index in [1.165, 1.54) is 0 Å². The fraction of sp³-hybridized carbons (Fsp3) is 0.409. The third-order valence-electron chi connectivity index (χ3n) is 5.35. The van der Waals surface area contributed by atoms with E-state index in [2.05, 4.69) is 16.0 Å². The van der Waals surface area contributed by atoms with Gasteiger partial charge in [-0.1, -0.05) is 30.3 Å². The monoisotopic (exact) mass is 378 g/mol. The molecule has 1 atom stereocenters. The molecule has 0 aliphatic carbocycles. The normalized spacial score (nSPS) is 17.0. The first-order valence-corrected chi connectivity index (χ1v) is 9.51. The highest BCUT2D eigenvalue weighted by Gasteiger charge is 2.31. The number of rotatable bonds is 6. The fourth-order valence-corrected chi connectivity index (χ4v) is 3.56. The number of aliphatic carboxylic acids is 1. The summed E-state index contributed by atoms with van der Waals surface area (Å²) in [6, 6.07) is 14.9. The molecule has 1 aromatic carbocycles. The first-order valence-electron chi connectivity index (χ1n) is 9.51. The Hall–Kier alpha value is -2.75. The van der Waals surface area contributed by atoms with E-state index < -0.39 is 17.4 Å². The number of hydrogen-bond donors (Lipinski definition) is 1. The maximum absolute atomic E-state index is 12.0. The Morgan fingerprint density at radius 2 is 1.86 bits per heavy atom. The Bertz CT molecular complexity index is 835. The first-order chi connectivity index (χ1) is 13.4. The van der Waals surface area contributed by atoms with Crippen molar-refractivity contribution in [1.82, 2.24) is 14.8 Å². The quantitative estimate of drug-likeness (QED) is 0.833. The Balaban J connectivity index is 1.67. The molecule has 3 rings (SSSR count). The van der Waals surface area contributed by atoms with Gasteiger partial charge in [0, 0.05) is 38.9 Å². The van der Waals surface area contributed by atoms with Gasteiger partial charge in [0.25, 0.3) is 0 Å². The summed E-state index contributed by atoms with van der Waals surface area (Å²) >= 11 is 0. The maximum atomic E-state index is 12.0. The Morgan fingerprint density at radius 3 is 2.39 bits per heavy atom. The summed E-state index contributed by atoms with van der Waals surface area (Å²) in [6.45, 7) is 7.49. The zero-order valence-corrected chi connectivity index (χ0v) is 16.4. The van der Waals surface area contributed by atoms with E-state index in [4.69, 9.17) is 0 Å². The van der Waals surface area contributed by atoms with Crippen LogP contribution in [0.5, 0.6) is 0 Å². The number of piperazine rings is 1. The van der Waals surface area contributed by atoms with Crippen molar-refractivity contribution >= 4 is 5.97 Å². The molecule has 1 aromatic heterocycles.